The van der Waals surface area contributed by atoms with Crippen molar-refractivity contribution in [1.29, 1.82) is 0 Å². The van der Waals surface area contributed by atoms with Crippen molar-refractivity contribution in [2.45, 2.75) is 51.3 Å². The Morgan fingerprint density at radius 3 is 2.41 bits per heavy atom. The van der Waals surface area contributed by atoms with E-state index >= 15 is 0 Å². The predicted molar refractivity (Wildman–Crippen MR) is 126 cm³/mol. The van der Waals surface area contributed by atoms with Crippen LogP contribution in [0.1, 0.15) is 68.9 Å². The average molecular weight is 482 g/mol. The summed E-state index contributed by atoms with van der Waals surface area (Å²) < 4.78 is 32.7. The molecule has 1 aromatic carbocycles. The predicted octanol–water partition coefficient (Wildman–Crippen LogP) is 3.65. The summed E-state index contributed by atoms with van der Waals surface area (Å²) in [6, 6.07) is 4.66. The molecule has 1 aliphatic heterocycles. The van der Waals surface area contributed by atoms with E-state index in [1.54, 1.807) is 33.9 Å². The second-order valence-corrected chi connectivity index (χ2v) is 11.4. The molecule has 0 N–H and O–H groups in total. The molecule has 0 bridgehead atoms. The number of esters is 1. The normalized spacial score (nSPS) is 16.1. The van der Waals surface area contributed by atoms with Crippen LogP contribution in [0, 0.1) is 20.8 Å². The molecule has 2 aromatic heterocycles. The summed E-state index contributed by atoms with van der Waals surface area (Å²) in [6.07, 6.45) is 3.43. The SMILES string of the molecule is Cc1cc(C(=O)c2c(C)nn(C)c2OC(=O)c2ccncc2)c(C)c2c1S(=O)(=O)CCC2(C)C. The van der Waals surface area contributed by atoms with Crippen molar-refractivity contribution in [3.63, 3.8) is 0 Å². The molecule has 1 aliphatic rings. The fourth-order valence-electron chi connectivity index (χ4n) is 4.75. The number of hydrogen-bond donors (Lipinski definition) is 0. The molecule has 0 saturated carbocycles. The maximum atomic E-state index is 13.8. The smallest absolute Gasteiger partial charge is 0.344 e. The molecular weight excluding hydrogens is 454 g/mol. The maximum absolute atomic E-state index is 13.8. The molecule has 0 spiro atoms. The fraction of sp³-hybridized carbons (Fsp3) is 0.360. The molecule has 4 rings (SSSR count). The number of carbonyl (C=O) groups is 2. The lowest BCUT2D eigenvalue weighted by molar-refractivity contribution is 0.0718. The van der Waals surface area contributed by atoms with Crippen molar-refractivity contribution in [2.75, 3.05) is 5.75 Å². The third-order valence-corrected chi connectivity index (χ3v) is 8.34. The first-order chi connectivity index (χ1) is 15.8. The Bertz CT molecular complexity index is 1440. The number of ether oxygens (including phenoxy) is 1. The third-order valence-electron chi connectivity index (χ3n) is 6.46. The number of hydrogen-bond acceptors (Lipinski definition) is 7. The first-order valence-electron chi connectivity index (χ1n) is 10.9. The van der Waals surface area contributed by atoms with Crippen LogP contribution in [0.4, 0.5) is 0 Å². The highest BCUT2D eigenvalue weighted by Gasteiger charge is 2.40. The van der Waals surface area contributed by atoms with Gasteiger partial charge >= 0.3 is 5.97 Å². The van der Waals surface area contributed by atoms with Gasteiger partial charge in [-0.25, -0.2) is 17.9 Å². The number of pyridine rings is 1. The molecule has 0 fully saturated rings. The van der Waals surface area contributed by atoms with Crippen molar-refractivity contribution in [3.8, 4) is 5.88 Å². The molecule has 8 nitrogen and oxygen atoms in total. The summed E-state index contributed by atoms with van der Waals surface area (Å²) in [6.45, 7) is 9.17. The van der Waals surface area contributed by atoms with Crippen LogP contribution in [0.2, 0.25) is 0 Å². The van der Waals surface area contributed by atoms with E-state index in [9.17, 15) is 18.0 Å². The quantitative estimate of drug-likeness (QED) is 0.413. The minimum absolute atomic E-state index is 0.0333. The zero-order valence-corrected chi connectivity index (χ0v) is 20.9. The maximum Gasteiger partial charge on any atom is 0.344 e. The van der Waals surface area contributed by atoms with Crippen LogP contribution in [0.25, 0.3) is 0 Å². The zero-order valence-electron chi connectivity index (χ0n) is 20.1. The number of fused-ring (bicyclic) bond motifs is 1. The standard InChI is InChI=1S/C25H27N3O5S/c1-14-13-18(15(2)20-22(14)34(31,32)12-9-25(20,4)5)21(29)19-16(3)27-28(6)23(19)33-24(30)17-7-10-26-11-8-17/h7-8,10-11,13H,9,12H2,1-6H3. The Hall–Kier alpha value is -3.33. The fourth-order valence-corrected chi connectivity index (χ4v) is 7.02. The van der Waals surface area contributed by atoms with Gasteiger partial charge in [0.15, 0.2) is 9.84 Å². The van der Waals surface area contributed by atoms with E-state index in [1.807, 2.05) is 13.8 Å². The van der Waals surface area contributed by atoms with Gasteiger partial charge in [0.05, 0.1) is 21.9 Å². The topological polar surface area (TPSA) is 108 Å². The molecular formula is C25H27N3O5S. The lowest BCUT2D eigenvalue weighted by Crippen LogP contribution is -2.33. The summed E-state index contributed by atoms with van der Waals surface area (Å²) in [5.41, 5.74) is 2.67. The van der Waals surface area contributed by atoms with Crippen molar-refractivity contribution in [1.82, 2.24) is 14.8 Å². The first-order valence-corrected chi connectivity index (χ1v) is 12.6. The van der Waals surface area contributed by atoms with Gasteiger partial charge < -0.3 is 4.74 Å². The molecule has 3 heterocycles. The average Bonchev–Trinajstić information content (AvgIpc) is 3.05. The van der Waals surface area contributed by atoms with E-state index in [1.165, 1.54) is 29.2 Å². The summed E-state index contributed by atoms with van der Waals surface area (Å²) >= 11 is 0. The highest BCUT2D eigenvalue weighted by atomic mass is 32.2. The molecule has 0 saturated heterocycles. The van der Waals surface area contributed by atoms with Gasteiger partial charge in [-0.15, -0.1) is 0 Å². The van der Waals surface area contributed by atoms with Gasteiger partial charge in [0.2, 0.25) is 11.7 Å². The second kappa shape index (κ2) is 8.16. The number of sulfone groups is 1. The van der Waals surface area contributed by atoms with Gasteiger partial charge in [-0.05, 0) is 67.5 Å². The summed E-state index contributed by atoms with van der Waals surface area (Å²) in [5.74, 6) is -0.890. The molecule has 3 aromatic rings. The van der Waals surface area contributed by atoms with E-state index in [4.69, 9.17) is 4.74 Å². The lowest BCUT2D eigenvalue weighted by Gasteiger charge is -2.35. The van der Waals surface area contributed by atoms with Crippen molar-refractivity contribution in [2.24, 2.45) is 7.05 Å². The Labute approximate surface area is 198 Å². The number of aromatic nitrogens is 3. The van der Waals surface area contributed by atoms with Crippen molar-refractivity contribution in [3.05, 3.63) is 69.7 Å². The zero-order chi connectivity index (χ0) is 25.0. The lowest BCUT2D eigenvalue weighted by atomic mass is 9.76. The van der Waals surface area contributed by atoms with Crippen LogP contribution in [-0.2, 0) is 22.3 Å². The Kier molecular flexibility index (Phi) is 5.72. The van der Waals surface area contributed by atoms with Crippen molar-refractivity contribution < 1.29 is 22.7 Å². The summed E-state index contributed by atoms with van der Waals surface area (Å²) in [5, 5.41) is 4.31. The molecule has 34 heavy (non-hydrogen) atoms. The van der Waals surface area contributed by atoms with Crippen LogP contribution in [0.5, 0.6) is 5.88 Å². The van der Waals surface area contributed by atoms with Gasteiger partial charge in [0.25, 0.3) is 0 Å². The van der Waals surface area contributed by atoms with Gasteiger partial charge in [0.1, 0.15) is 5.56 Å². The number of ketones is 1. The number of carbonyl (C=O) groups excluding carboxylic acids is 2. The summed E-state index contributed by atoms with van der Waals surface area (Å²) in [7, 11) is -1.84. The van der Waals surface area contributed by atoms with Gasteiger partial charge in [-0.3, -0.25) is 9.78 Å². The molecule has 0 aliphatic carbocycles. The highest BCUT2D eigenvalue weighted by Crippen LogP contribution is 2.43. The van der Waals surface area contributed by atoms with Crippen molar-refractivity contribution >= 4 is 21.6 Å². The van der Waals surface area contributed by atoms with Gasteiger partial charge in [0, 0.05) is 25.0 Å². The van der Waals surface area contributed by atoms with Crippen LogP contribution >= 0.6 is 0 Å². The molecule has 0 radical (unpaired) electrons. The molecule has 0 amide bonds. The van der Waals surface area contributed by atoms with Gasteiger partial charge in [-0.1, -0.05) is 13.8 Å². The van der Waals surface area contributed by atoms with E-state index < -0.39 is 21.2 Å². The van der Waals surface area contributed by atoms with Crippen LogP contribution in [0.3, 0.4) is 0 Å². The minimum atomic E-state index is -3.43. The van der Waals surface area contributed by atoms with Gasteiger partial charge in [-0.2, -0.15) is 5.10 Å². The monoisotopic (exact) mass is 481 g/mol. The Morgan fingerprint density at radius 1 is 1.12 bits per heavy atom. The number of aryl methyl sites for hydroxylation is 3. The third kappa shape index (κ3) is 3.83. The van der Waals surface area contributed by atoms with Crippen LogP contribution in [-0.4, -0.2) is 40.7 Å². The van der Waals surface area contributed by atoms with E-state index in [2.05, 4.69) is 10.1 Å². The van der Waals surface area contributed by atoms with E-state index in [0.29, 0.717) is 44.8 Å². The number of rotatable bonds is 4. The largest absolute Gasteiger partial charge is 0.403 e. The van der Waals surface area contributed by atoms with E-state index in [0.717, 1.165) is 0 Å². The van der Waals surface area contributed by atoms with Crippen LogP contribution < -0.4 is 4.74 Å². The molecule has 9 heteroatoms. The van der Waals surface area contributed by atoms with Crippen LogP contribution in [0.15, 0.2) is 35.5 Å². The Morgan fingerprint density at radius 2 is 1.76 bits per heavy atom. The number of benzene rings is 1. The highest BCUT2D eigenvalue weighted by molar-refractivity contribution is 7.91. The molecule has 178 valence electrons. The van der Waals surface area contributed by atoms with E-state index in [-0.39, 0.29) is 23.0 Å². The molecule has 0 atom stereocenters. The summed E-state index contributed by atoms with van der Waals surface area (Å²) in [4.78, 5) is 30.8. The molecule has 0 unspecified atom stereocenters. The first kappa shape index (κ1) is 23.8. The number of nitrogens with zero attached hydrogens (tertiary/aromatic N) is 3. The second-order valence-electron chi connectivity index (χ2n) is 9.37. The Balaban J connectivity index is 1.86. The minimum Gasteiger partial charge on any atom is -0.403 e.